The summed E-state index contributed by atoms with van der Waals surface area (Å²) in [6.07, 6.45) is 0. The Labute approximate surface area is 131 Å². The molecule has 0 unspecified atom stereocenters. The number of hydrogen-bond donors (Lipinski definition) is 2. The molecule has 2 N–H and O–H groups in total. The van der Waals surface area contributed by atoms with Crippen molar-refractivity contribution in [2.24, 2.45) is 0 Å². The van der Waals surface area contributed by atoms with Gasteiger partial charge in [0.25, 0.3) is 5.56 Å². The first-order valence-electron chi connectivity index (χ1n) is 6.77. The van der Waals surface area contributed by atoms with E-state index < -0.39 is 5.69 Å². The Hall–Kier alpha value is -1.82. The summed E-state index contributed by atoms with van der Waals surface area (Å²) in [5.41, 5.74) is 0.335. The van der Waals surface area contributed by atoms with E-state index >= 15 is 0 Å². The topological polar surface area (TPSA) is 66.9 Å². The second-order valence-corrected chi connectivity index (χ2v) is 6.03. The van der Waals surface area contributed by atoms with Crippen molar-refractivity contribution in [2.45, 2.75) is 32.9 Å². The molecule has 1 aromatic carbocycles. The number of nitrogens with one attached hydrogen (secondary N) is 2. The molecule has 2 rings (SSSR count). The molecular weight excluding hydrogens is 334 g/mol. The minimum Gasteiger partial charge on any atom is -0.365 e. The number of benzene rings is 1. The van der Waals surface area contributed by atoms with Gasteiger partial charge in [-0.15, -0.1) is 0 Å². The zero-order valence-corrected chi connectivity index (χ0v) is 13.8. The number of nitrogens with zero attached hydrogens (tertiary/aromatic N) is 1. The maximum atomic E-state index is 12.0. The lowest BCUT2D eigenvalue weighted by Gasteiger charge is -2.17. The Balaban J connectivity index is 2.31. The van der Waals surface area contributed by atoms with Gasteiger partial charge in [-0.05, 0) is 32.4 Å². The highest BCUT2D eigenvalue weighted by molar-refractivity contribution is 9.10. The van der Waals surface area contributed by atoms with E-state index in [-0.39, 0.29) is 17.6 Å². The van der Waals surface area contributed by atoms with Gasteiger partial charge in [0, 0.05) is 16.6 Å². The largest absolute Gasteiger partial charge is 0.365 e. The van der Waals surface area contributed by atoms with Crippen LogP contribution in [0.4, 0.5) is 5.82 Å². The minimum atomic E-state index is -0.403. The SMILES string of the molecule is CC(C)n1c(=O)cc(N[C@@H](C)c2ccccc2Br)[nH]c1=O. The van der Waals surface area contributed by atoms with Crippen molar-refractivity contribution in [1.29, 1.82) is 0 Å². The summed E-state index contributed by atoms with van der Waals surface area (Å²) in [5, 5.41) is 3.15. The molecule has 5 nitrogen and oxygen atoms in total. The van der Waals surface area contributed by atoms with Gasteiger partial charge in [0.1, 0.15) is 5.82 Å². The van der Waals surface area contributed by atoms with Crippen LogP contribution in [0, 0.1) is 0 Å². The third-order valence-electron chi connectivity index (χ3n) is 3.23. The van der Waals surface area contributed by atoms with Gasteiger partial charge in [-0.3, -0.25) is 14.3 Å². The molecule has 2 aromatic rings. The lowest BCUT2D eigenvalue weighted by Crippen LogP contribution is -2.36. The maximum absolute atomic E-state index is 12.0. The quantitative estimate of drug-likeness (QED) is 0.889. The Morgan fingerprint density at radius 1 is 1.19 bits per heavy atom. The lowest BCUT2D eigenvalue weighted by molar-refractivity contribution is 0.546. The monoisotopic (exact) mass is 351 g/mol. The fourth-order valence-corrected chi connectivity index (χ4v) is 2.84. The molecule has 0 saturated heterocycles. The smallest absolute Gasteiger partial charge is 0.330 e. The maximum Gasteiger partial charge on any atom is 0.330 e. The second kappa shape index (κ2) is 6.30. The Morgan fingerprint density at radius 3 is 2.43 bits per heavy atom. The van der Waals surface area contributed by atoms with E-state index in [0.717, 1.165) is 10.0 Å². The summed E-state index contributed by atoms with van der Waals surface area (Å²) in [5.74, 6) is 0.421. The molecule has 1 aromatic heterocycles. The molecule has 0 fully saturated rings. The number of aromatic amines is 1. The third-order valence-corrected chi connectivity index (χ3v) is 3.95. The van der Waals surface area contributed by atoms with Crippen molar-refractivity contribution in [3.8, 4) is 0 Å². The molecule has 0 saturated carbocycles. The molecule has 0 aliphatic heterocycles. The van der Waals surface area contributed by atoms with Gasteiger partial charge >= 0.3 is 5.69 Å². The van der Waals surface area contributed by atoms with Gasteiger partial charge in [0.05, 0.1) is 6.04 Å². The summed E-state index contributed by atoms with van der Waals surface area (Å²) in [7, 11) is 0. The normalized spacial score (nSPS) is 12.4. The van der Waals surface area contributed by atoms with Crippen LogP contribution in [0.15, 0.2) is 44.4 Å². The van der Waals surface area contributed by atoms with Crippen LogP contribution in [0.5, 0.6) is 0 Å². The number of aromatic nitrogens is 2. The van der Waals surface area contributed by atoms with Crippen LogP contribution in [-0.4, -0.2) is 9.55 Å². The van der Waals surface area contributed by atoms with Gasteiger partial charge < -0.3 is 5.32 Å². The zero-order valence-electron chi connectivity index (χ0n) is 12.2. The van der Waals surface area contributed by atoms with Crippen LogP contribution in [0.3, 0.4) is 0 Å². The van der Waals surface area contributed by atoms with Crippen LogP contribution in [0.25, 0.3) is 0 Å². The summed E-state index contributed by atoms with van der Waals surface area (Å²) in [6.45, 7) is 5.56. The van der Waals surface area contributed by atoms with Crippen LogP contribution in [0.2, 0.25) is 0 Å². The Morgan fingerprint density at radius 2 is 1.86 bits per heavy atom. The molecule has 6 heteroatoms. The van der Waals surface area contributed by atoms with Crippen molar-refractivity contribution in [3.63, 3.8) is 0 Å². The first-order valence-corrected chi connectivity index (χ1v) is 7.56. The highest BCUT2D eigenvalue weighted by Gasteiger charge is 2.12. The van der Waals surface area contributed by atoms with Crippen molar-refractivity contribution in [2.75, 3.05) is 5.32 Å². The fourth-order valence-electron chi connectivity index (χ4n) is 2.21. The molecule has 1 heterocycles. The van der Waals surface area contributed by atoms with Crippen molar-refractivity contribution < 1.29 is 0 Å². The van der Waals surface area contributed by atoms with Gasteiger partial charge in [-0.25, -0.2) is 4.79 Å². The lowest BCUT2D eigenvalue weighted by atomic mass is 10.1. The van der Waals surface area contributed by atoms with Gasteiger partial charge in [-0.1, -0.05) is 34.1 Å². The van der Waals surface area contributed by atoms with Crippen molar-refractivity contribution in [3.05, 3.63) is 61.2 Å². The summed E-state index contributed by atoms with van der Waals surface area (Å²) in [6, 6.07) is 9.00. The van der Waals surface area contributed by atoms with Gasteiger partial charge in [0.15, 0.2) is 0 Å². The number of hydrogen-bond acceptors (Lipinski definition) is 3. The fraction of sp³-hybridized carbons (Fsp3) is 0.333. The summed E-state index contributed by atoms with van der Waals surface area (Å²) < 4.78 is 2.16. The first-order chi connectivity index (χ1) is 9.90. The standard InChI is InChI=1S/C15H18BrN3O2/c1-9(2)19-14(20)8-13(18-15(19)21)17-10(3)11-6-4-5-7-12(11)16/h4-10,17H,1-3H3,(H,18,21)/t10-/m0/s1. The van der Waals surface area contributed by atoms with E-state index in [9.17, 15) is 9.59 Å². The van der Waals surface area contributed by atoms with E-state index in [0.29, 0.717) is 5.82 Å². The first kappa shape index (κ1) is 15.6. The van der Waals surface area contributed by atoms with E-state index in [1.807, 2.05) is 31.2 Å². The number of H-pyrrole nitrogens is 1. The van der Waals surface area contributed by atoms with E-state index in [1.54, 1.807) is 13.8 Å². The molecular formula is C15H18BrN3O2. The minimum absolute atomic E-state index is 0.0504. The van der Waals surface area contributed by atoms with E-state index in [4.69, 9.17) is 0 Å². The summed E-state index contributed by atoms with van der Waals surface area (Å²) >= 11 is 3.49. The molecule has 1 atom stereocenters. The molecule has 0 aliphatic rings. The molecule has 0 amide bonds. The van der Waals surface area contributed by atoms with Gasteiger partial charge in [-0.2, -0.15) is 0 Å². The molecule has 21 heavy (non-hydrogen) atoms. The molecule has 0 radical (unpaired) electrons. The van der Waals surface area contributed by atoms with Crippen molar-refractivity contribution in [1.82, 2.24) is 9.55 Å². The highest BCUT2D eigenvalue weighted by atomic mass is 79.9. The average Bonchev–Trinajstić information content (AvgIpc) is 2.37. The number of anilines is 1. The van der Waals surface area contributed by atoms with Crippen LogP contribution < -0.4 is 16.6 Å². The number of rotatable bonds is 4. The van der Waals surface area contributed by atoms with Crippen molar-refractivity contribution >= 4 is 21.7 Å². The third kappa shape index (κ3) is 3.44. The zero-order chi connectivity index (χ0) is 15.6. The molecule has 112 valence electrons. The number of halogens is 1. The van der Waals surface area contributed by atoms with E-state index in [1.165, 1.54) is 10.6 Å². The Bertz CT molecular complexity index is 718. The Kier molecular flexibility index (Phi) is 4.67. The molecule has 0 spiro atoms. The highest BCUT2D eigenvalue weighted by Crippen LogP contribution is 2.24. The van der Waals surface area contributed by atoms with Crippen LogP contribution in [0.1, 0.15) is 38.4 Å². The predicted molar refractivity (Wildman–Crippen MR) is 87.9 cm³/mol. The van der Waals surface area contributed by atoms with E-state index in [2.05, 4.69) is 26.2 Å². The average molecular weight is 352 g/mol. The predicted octanol–water partition coefficient (Wildman–Crippen LogP) is 3.05. The van der Waals surface area contributed by atoms with Gasteiger partial charge in [0.2, 0.25) is 0 Å². The second-order valence-electron chi connectivity index (χ2n) is 5.18. The van der Waals surface area contributed by atoms with Crippen LogP contribution in [-0.2, 0) is 0 Å². The molecule has 0 aliphatic carbocycles. The van der Waals surface area contributed by atoms with Crippen LogP contribution >= 0.6 is 15.9 Å². The molecule has 0 bridgehead atoms. The summed E-state index contributed by atoms with van der Waals surface area (Å²) in [4.78, 5) is 26.6.